The number of aliphatic hydroxyl groups is 2. The van der Waals surface area contributed by atoms with Gasteiger partial charge in [0.25, 0.3) is 0 Å². The summed E-state index contributed by atoms with van der Waals surface area (Å²) in [7, 11) is 0. The Morgan fingerprint density at radius 2 is 2.17 bits per heavy atom. The molecule has 0 aromatic heterocycles. The Hall–Kier alpha value is -1.39. The Labute approximate surface area is 175 Å². The number of aliphatic hydroxyl groups excluding tert-OH is 2. The van der Waals surface area contributed by atoms with Gasteiger partial charge in [-0.3, -0.25) is 0 Å². The number of cyclic esters (lactones) is 1. The SMILES string of the molecule is C=C1CCCC2[C@](C)(CC/C(C)=C/CC(O)C3=CC(=O)OC3)[C@@H](C)C(O)C[C@]12C. The molecule has 0 saturated heterocycles. The first kappa shape index (κ1) is 22.3. The lowest BCUT2D eigenvalue weighted by Gasteiger charge is -2.60. The summed E-state index contributed by atoms with van der Waals surface area (Å²) >= 11 is 0. The van der Waals surface area contributed by atoms with Crippen LogP contribution < -0.4 is 0 Å². The van der Waals surface area contributed by atoms with Crippen LogP contribution >= 0.6 is 0 Å². The number of allylic oxidation sites excluding steroid dienone is 2. The van der Waals surface area contributed by atoms with Crippen molar-refractivity contribution in [3.05, 3.63) is 35.5 Å². The smallest absolute Gasteiger partial charge is 0.331 e. The molecule has 2 saturated carbocycles. The molecule has 0 spiro atoms. The fourth-order valence-electron chi connectivity index (χ4n) is 6.10. The fourth-order valence-corrected chi connectivity index (χ4v) is 6.10. The van der Waals surface area contributed by atoms with Gasteiger partial charge >= 0.3 is 5.97 Å². The van der Waals surface area contributed by atoms with Gasteiger partial charge in [0, 0.05) is 11.6 Å². The predicted molar refractivity (Wildman–Crippen MR) is 115 cm³/mol. The van der Waals surface area contributed by atoms with Crippen molar-refractivity contribution < 1.29 is 19.7 Å². The van der Waals surface area contributed by atoms with E-state index in [1.54, 1.807) is 0 Å². The van der Waals surface area contributed by atoms with E-state index in [9.17, 15) is 15.0 Å². The van der Waals surface area contributed by atoms with E-state index in [2.05, 4.69) is 40.3 Å². The number of carbonyl (C=O) groups is 1. The molecule has 1 heterocycles. The van der Waals surface area contributed by atoms with E-state index in [1.165, 1.54) is 30.1 Å². The van der Waals surface area contributed by atoms with E-state index < -0.39 is 6.10 Å². The third-order valence-electron chi connectivity index (χ3n) is 8.45. The van der Waals surface area contributed by atoms with E-state index in [0.29, 0.717) is 17.9 Å². The van der Waals surface area contributed by atoms with Crippen LogP contribution in [0.25, 0.3) is 0 Å². The molecule has 0 amide bonds. The van der Waals surface area contributed by atoms with Crippen molar-refractivity contribution in [1.29, 1.82) is 0 Å². The number of ether oxygens (including phenoxy) is 1. The van der Waals surface area contributed by atoms with Gasteiger partial charge in [0.05, 0.1) is 12.2 Å². The molecule has 0 bridgehead atoms. The van der Waals surface area contributed by atoms with E-state index in [1.807, 2.05) is 0 Å². The minimum absolute atomic E-state index is 0.0359. The fraction of sp³-hybridized carbons (Fsp3) is 0.720. The van der Waals surface area contributed by atoms with Gasteiger partial charge in [-0.25, -0.2) is 4.79 Å². The van der Waals surface area contributed by atoms with Crippen LogP contribution in [0.3, 0.4) is 0 Å². The minimum Gasteiger partial charge on any atom is -0.458 e. The van der Waals surface area contributed by atoms with Crippen LogP contribution in [-0.2, 0) is 9.53 Å². The van der Waals surface area contributed by atoms with E-state index in [0.717, 1.165) is 25.7 Å². The first-order valence-electron chi connectivity index (χ1n) is 11.1. The highest BCUT2D eigenvalue weighted by molar-refractivity contribution is 5.85. The molecular formula is C25H38O4. The molecule has 0 aromatic carbocycles. The maximum Gasteiger partial charge on any atom is 0.331 e. The number of esters is 1. The topological polar surface area (TPSA) is 66.8 Å². The molecule has 2 fully saturated rings. The van der Waals surface area contributed by atoms with Gasteiger partial charge in [-0.1, -0.05) is 44.6 Å². The van der Waals surface area contributed by atoms with Crippen molar-refractivity contribution in [1.82, 2.24) is 0 Å². The predicted octanol–water partition coefficient (Wildman–Crippen LogP) is 4.72. The summed E-state index contributed by atoms with van der Waals surface area (Å²) in [5.41, 5.74) is 3.33. The lowest BCUT2D eigenvalue weighted by atomic mass is 9.45. The molecule has 4 nitrogen and oxygen atoms in total. The lowest BCUT2D eigenvalue weighted by Crippen LogP contribution is -2.55. The second kappa shape index (κ2) is 8.39. The normalized spacial score (nSPS) is 39.0. The molecule has 0 radical (unpaired) electrons. The summed E-state index contributed by atoms with van der Waals surface area (Å²) in [6, 6.07) is 0. The first-order chi connectivity index (χ1) is 13.6. The average Bonchev–Trinajstić information content (AvgIpc) is 3.11. The average molecular weight is 403 g/mol. The number of fused-ring (bicyclic) bond motifs is 1. The highest BCUT2D eigenvalue weighted by atomic mass is 16.5. The maximum absolute atomic E-state index is 11.2. The molecule has 2 aliphatic carbocycles. The van der Waals surface area contributed by atoms with Crippen LogP contribution in [0.4, 0.5) is 0 Å². The second-order valence-electron chi connectivity index (χ2n) is 10.2. The number of hydrogen-bond acceptors (Lipinski definition) is 4. The second-order valence-corrected chi connectivity index (χ2v) is 10.2. The van der Waals surface area contributed by atoms with Gasteiger partial charge in [0.1, 0.15) is 6.61 Å². The van der Waals surface area contributed by atoms with Gasteiger partial charge in [0.2, 0.25) is 0 Å². The summed E-state index contributed by atoms with van der Waals surface area (Å²) in [6.45, 7) is 13.6. The first-order valence-corrected chi connectivity index (χ1v) is 11.1. The summed E-state index contributed by atoms with van der Waals surface area (Å²) in [6.07, 6.45) is 9.36. The zero-order valence-electron chi connectivity index (χ0n) is 18.5. The lowest BCUT2D eigenvalue weighted by molar-refractivity contribution is -0.135. The van der Waals surface area contributed by atoms with Gasteiger partial charge in [-0.05, 0) is 74.5 Å². The van der Waals surface area contributed by atoms with Crippen molar-refractivity contribution >= 4 is 5.97 Å². The maximum atomic E-state index is 11.2. The molecular weight excluding hydrogens is 364 g/mol. The summed E-state index contributed by atoms with van der Waals surface area (Å²) in [5.74, 6) is 0.450. The minimum atomic E-state index is -0.660. The van der Waals surface area contributed by atoms with Crippen molar-refractivity contribution in [2.75, 3.05) is 6.61 Å². The molecule has 3 aliphatic rings. The summed E-state index contributed by atoms with van der Waals surface area (Å²) < 4.78 is 4.88. The van der Waals surface area contributed by atoms with E-state index in [4.69, 9.17) is 4.74 Å². The molecule has 29 heavy (non-hydrogen) atoms. The Kier molecular flexibility index (Phi) is 6.45. The quantitative estimate of drug-likeness (QED) is 0.498. The molecule has 3 rings (SSSR count). The highest BCUT2D eigenvalue weighted by Gasteiger charge is 2.56. The van der Waals surface area contributed by atoms with Crippen molar-refractivity contribution in [2.24, 2.45) is 22.7 Å². The van der Waals surface area contributed by atoms with E-state index in [-0.39, 0.29) is 35.4 Å². The highest BCUT2D eigenvalue weighted by Crippen LogP contribution is 2.62. The Bertz CT molecular complexity index is 720. The van der Waals surface area contributed by atoms with Crippen LogP contribution in [-0.4, -0.2) is 35.0 Å². The molecule has 4 heteroatoms. The monoisotopic (exact) mass is 402 g/mol. The van der Waals surface area contributed by atoms with Gasteiger partial charge in [-0.2, -0.15) is 0 Å². The standard InChI is InChI=1S/C25H38O4/c1-16(9-10-20(26)19-13-23(28)29-15-19)11-12-24(4)18(3)21(27)14-25(5)17(2)7-6-8-22(24)25/h9,13,18,20-22,26-27H,2,6-8,10-12,14-15H2,1,3-5H3/b16-9+/t18-,20?,21?,22?,24+,25+/m0/s1. The zero-order chi connectivity index (χ0) is 21.4. The molecule has 162 valence electrons. The Morgan fingerprint density at radius 3 is 2.83 bits per heavy atom. The van der Waals surface area contributed by atoms with Crippen molar-refractivity contribution in [3.8, 4) is 0 Å². The molecule has 2 N–H and O–H groups in total. The van der Waals surface area contributed by atoms with Crippen LogP contribution in [0.15, 0.2) is 35.5 Å². The van der Waals surface area contributed by atoms with Gasteiger partial charge in [-0.15, -0.1) is 0 Å². The van der Waals surface area contributed by atoms with Crippen LogP contribution in [0.1, 0.15) is 72.6 Å². The molecule has 1 aliphatic heterocycles. The molecule has 3 unspecified atom stereocenters. The van der Waals surface area contributed by atoms with E-state index >= 15 is 0 Å². The molecule has 0 aromatic rings. The Morgan fingerprint density at radius 1 is 1.45 bits per heavy atom. The van der Waals surface area contributed by atoms with Crippen LogP contribution in [0.2, 0.25) is 0 Å². The third kappa shape index (κ3) is 4.25. The van der Waals surface area contributed by atoms with Crippen LogP contribution in [0.5, 0.6) is 0 Å². The largest absolute Gasteiger partial charge is 0.458 e. The number of carbonyl (C=O) groups excluding carboxylic acids is 1. The Balaban J connectivity index is 1.67. The zero-order valence-corrected chi connectivity index (χ0v) is 18.5. The summed E-state index contributed by atoms with van der Waals surface area (Å²) in [4.78, 5) is 11.2. The molecule has 6 atom stereocenters. The summed E-state index contributed by atoms with van der Waals surface area (Å²) in [5, 5.41) is 21.2. The van der Waals surface area contributed by atoms with Crippen LogP contribution in [0, 0.1) is 22.7 Å². The third-order valence-corrected chi connectivity index (χ3v) is 8.45. The van der Waals surface area contributed by atoms with Crippen molar-refractivity contribution in [2.45, 2.75) is 84.8 Å². The van der Waals surface area contributed by atoms with Gasteiger partial charge in [0.15, 0.2) is 0 Å². The van der Waals surface area contributed by atoms with Crippen molar-refractivity contribution in [3.63, 3.8) is 0 Å². The van der Waals surface area contributed by atoms with Gasteiger partial charge < -0.3 is 14.9 Å². The number of rotatable bonds is 6. The number of hydrogen-bond donors (Lipinski definition) is 2.